The largest absolute Gasteiger partial charge is 0.322 e. The zero-order valence-corrected chi connectivity index (χ0v) is 15.2. The molecule has 0 heterocycles. The Kier molecular flexibility index (Phi) is 19.8. The van der Waals surface area contributed by atoms with Crippen LogP contribution in [0.5, 0.6) is 0 Å². The molecule has 0 rings (SSSR count). The molecule has 0 aliphatic carbocycles. The Labute approximate surface area is 139 Å². The maximum atomic E-state index is 11.3. The number of halogens is 1. The first-order chi connectivity index (χ1) is 9.68. The van der Waals surface area contributed by atoms with Gasteiger partial charge in [0.1, 0.15) is 5.78 Å². The lowest BCUT2D eigenvalue weighted by molar-refractivity contribution is -0.120. The van der Waals surface area contributed by atoms with E-state index in [1.807, 2.05) is 0 Å². The van der Waals surface area contributed by atoms with Crippen LogP contribution in [0, 0.1) is 0 Å². The lowest BCUT2D eigenvalue weighted by Crippen LogP contribution is -2.26. The van der Waals surface area contributed by atoms with Crippen LogP contribution in [0.3, 0.4) is 0 Å². The van der Waals surface area contributed by atoms with Gasteiger partial charge < -0.3 is 5.73 Å². The number of rotatable bonds is 15. The molecule has 0 aromatic heterocycles. The molecule has 1 atom stereocenters. The summed E-state index contributed by atoms with van der Waals surface area (Å²) in [4.78, 5) is 11.3. The van der Waals surface area contributed by atoms with Crippen LogP contribution in [0.4, 0.5) is 0 Å². The number of hydrogen-bond donors (Lipinski definition) is 1. The number of nitrogens with two attached hydrogens (primary N) is 1. The molecule has 2 nitrogen and oxygen atoms in total. The average molecular weight is 320 g/mol. The molecule has 0 aromatic carbocycles. The van der Waals surface area contributed by atoms with Gasteiger partial charge in [0.05, 0.1) is 6.04 Å². The zero-order valence-electron chi connectivity index (χ0n) is 14.4. The van der Waals surface area contributed by atoms with Crippen molar-refractivity contribution in [3.8, 4) is 0 Å². The average Bonchev–Trinajstić information content (AvgIpc) is 2.43. The van der Waals surface area contributed by atoms with Gasteiger partial charge >= 0.3 is 0 Å². The van der Waals surface area contributed by atoms with Crippen LogP contribution in [-0.2, 0) is 4.79 Å². The normalized spacial score (nSPS) is 12.0. The van der Waals surface area contributed by atoms with Crippen molar-refractivity contribution in [1.82, 2.24) is 0 Å². The minimum Gasteiger partial charge on any atom is -0.322 e. The second-order valence-corrected chi connectivity index (χ2v) is 6.25. The molecular weight excluding hydrogens is 282 g/mol. The van der Waals surface area contributed by atoms with E-state index >= 15 is 0 Å². The number of unbranched alkanes of at least 4 members (excludes halogenated alkanes) is 12. The zero-order chi connectivity index (χ0) is 15.1. The number of carbonyl (C=O) groups is 1. The lowest BCUT2D eigenvalue weighted by atomic mass is 10.0. The van der Waals surface area contributed by atoms with Crippen molar-refractivity contribution in [3.05, 3.63) is 0 Å². The number of Topliss-reactive ketones (excluding diaryl/α,β-unsaturated/α-hetero) is 1. The van der Waals surface area contributed by atoms with Gasteiger partial charge in [-0.05, 0) is 13.3 Å². The first-order valence-electron chi connectivity index (χ1n) is 8.96. The highest BCUT2D eigenvalue weighted by atomic mass is 35.5. The van der Waals surface area contributed by atoms with Crippen molar-refractivity contribution in [1.29, 1.82) is 0 Å². The second kappa shape index (κ2) is 18.0. The van der Waals surface area contributed by atoms with Crippen LogP contribution >= 0.6 is 12.4 Å². The van der Waals surface area contributed by atoms with Gasteiger partial charge in [-0.25, -0.2) is 0 Å². The molecule has 0 spiro atoms. The molecule has 0 aromatic rings. The van der Waals surface area contributed by atoms with Gasteiger partial charge in [0.15, 0.2) is 0 Å². The van der Waals surface area contributed by atoms with Crippen molar-refractivity contribution >= 4 is 18.2 Å². The van der Waals surface area contributed by atoms with Crippen LogP contribution in [0.25, 0.3) is 0 Å². The predicted octanol–water partition coefficient (Wildman–Crippen LogP) is 5.81. The summed E-state index contributed by atoms with van der Waals surface area (Å²) in [5, 5.41) is 0. The molecule has 0 aliphatic rings. The number of ketones is 1. The molecule has 0 bridgehead atoms. The SMILES string of the molecule is CCCCCCCCCCCCCCCC(=O)[C@@H](C)N.Cl. The van der Waals surface area contributed by atoms with Gasteiger partial charge in [-0.3, -0.25) is 4.79 Å². The monoisotopic (exact) mass is 319 g/mol. The van der Waals surface area contributed by atoms with E-state index in [4.69, 9.17) is 5.73 Å². The maximum Gasteiger partial charge on any atom is 0.149 e. The van der Waals surface area contributed by atoms with Crippen molar-refractivity contribution in [2.45, 2.75) is 110 Å². The maximum absolute atomic E-state index is 11.3. The molecule has 0 saturated heterocycles. The lowest BCUT2D eigenvalue weighted by Gasteiger charge is -2.04. The van der Waals surface area contributed by atoms with Crippen LogP contribution in [0.15, 0.2) is 0 Å². The topological polar surface area (TPSA) is 43.1 Å². The molecule has 21 heavy (non-hydrogen) atoms. The molecule has 3 heteroatoms. The number of hydrogen-bond acceptors (Lipinski definition) is 2. The van der Waals surface area contributed by atoms with Gasteiger partial charge in [-0.15, -0.1) is 12.4 Å². The van der Waals surface area contributed by atoms with E-state index in [-0.39, 0.29) is 24.2 Å². The summed E-state index contributed by atoms with van der Waals surface area (Å²) in [7, 11) is 0. The molecule has 2 N–H and O–H groups in total. The third kappa shape index (κ3) is 17.9. The van der Waals surface area contributed by atoms with Gasteiger partial charge in [0.25, 0.3) is 0 Å². The van der Waals surface area contributed by atoms with Crippen LogP contribution in [0.2, 0.25) is 0 Å². The molecule has 0 amide bonds. The molecule has 128 valence electrons. The molecule has 0 radical (unpaired) electrons. The Morgan fingerprint density at radius 3 is 1.43 bits per heavy atom. The molecular formula is C18H38ClNO. The predicted molar refractivity (Wildman–Crippen MR) is 96.2 cm³/mol. The molecule has 0 aliphatic heterocycles. The fourth-order valence-corrected chi connectivity index (χ4v) is 2.54. The minimum atomic E-state index is -0.271. The van der Waals surface area contributed by atoms with Crippen molar-refractivity contribution in [2.24, 2.45) is 5.73 Å². The molecule has 0 saturated carbocycles. The first-order valence-corrected chi connectivity index (χ1v) is 8.96. The highest BCUT2D eigenvalue weighted by Crippen LogP contribution is 2.13. The summed E-state index contributed by atoms with van der Waals surface area (Å²) in [5.41, 5.74) is 5.53. The van der Waals surface area contributed by atoms with Crippen molar-refractivity contribution in [3.63, 3.8) is 0 Å². The smallest absolute Gasteiger partial charge is 0.149 e. The van der Waals surface area contributed by atoms with E-state index in [0.29, 0.717) is 6.42 Å². The quantitative estimate of drug-likeness (QED) is 0.387. The van der Waals surface area contributed by atoms with E-state index in [1.165, 1.54) is 77.0 Å². The van der Waals surface area contributed by atoms with Crippen molar-refractivity contribution < 1.29 is 4.79 Å². The van der Waals surface area contributed by atoms with Crippen LogP contribution < -0.4 is 5.73 Å². The number of carbonyl (C=O) groups excluding carboxylic acids is 1. The Morgan fingerprint density at radius 2 is 1.10 bits per heavy atom. The second-order valence-electron chi connectivity index (χ2n) is 6.25. The fourth-order valence-electron chi connectivity index (χ4n) is 2.54. The third-order valence-corrected chi connectivity index (χ3v) is 4.03. The summed E-state index contributed by atoms with van der Waals surface area (Å²) in [5.74, 6) is 0.216. The van der Waals surface area contributed by atoms with E-state index < -0.39 is 0 Å². The Hall–Kier alpha value is -0.0800. The summed E-state index contributed by atoms with van der Waals surface area (Å²) >= 11 is 0. The van der Waals surface area contributed by atoms with Crippen LogP contribution in [-0.4, -0.2) is 11.8 Å². The fraction of sp³-hybridized carbons (Fsp3) is 0.944. The Morgan fingerprint density at radius 1 is 0.762 bits per heavy atom. The van der Waals surface area contributed by atoms with Gasteiger partial charge in [-0.1, -0.05) is 84.0 Å². The minimum absolute atomic E-state index is 0. The summed E-state index contributed by atoms with van der Waals surface area (Å²) < 4.78 is 0. The van der Waals surface area contributed by atoms with Crippen LogP contribution in [0.1, 0.15) is 104 Å². The summed E-state index contributed by atoms with van der Waals surface area (Å²) in [6.45, 7) is 4.05. The van der Waals surface area contributed by atoms with E-state index in [9.17, 15) is 4.79 Å². The van der Waals surface area contributed by atoms with Gasteiger partial charge in [0.2, 0.25) is 0 Å². The first kappa shape index (κ1) is 23.2. The van der Waals surface area contributed by atoms with E-state index in [2.05, 4.69) is 6.92 Å². The molecule has 0 unspecified atom stereocenters. The van der Waals surface area contributed by atoms with Gasteiger partial charge in [0, 0.05) is 6.42 Å². The summed E-state index contributed by atoms with van der Waals surface area (Å²) in [6.07, 6.45) is 18.1. The van der Waals surface area contributed by atoms with E-state index in [0.717, 1.165) is 6.42 Å². The highest BCUT2D eigenvalue weighted by molar-refractivity contribution is 5.85. The Balaban J connectivity index is 0. The van der Waals surface area contributed by atoms with E-state index in [1.54, 1.807) is 6.92 Å². The third-order valence-electron chi connectivity index (χ3n) is 4.03. The van der Waals surface area contributed by atoms with Gasteiger partial charge in [-0.2, -0.15) is 0 Å². The highest BCUT2D eigenvalue weighted by Gasteiger charge is 2.05. The standard InChI is InChI=1S/C18H37NO.ClH/c1-3-4-5-6-7-8-9-10-11-12-13-14-15-16-18(20)17(2)19;/h17H,3-16,19H2,1-2H3;1H/t17-;/m1./s1. The Bertz CT molecular complexity index is 219. The summed E-state index contributed by atoms with van der Waals surface area (Å²) in [6, 6.07) is -0.271. The molecule has 0 fully saturated rings. The van der Waals surface area contributed by atoms with Crippen molar-refractivity contribution in [2.75, 3.05) is 0 Å².